The molecule has 1 aliphatic carbocycles. The molecule has 1 aliphatic rings. The molecule has 0 saturated carbocycles. The predicted octanol–water partition coefficient (Wildman–Crippen LogP) is 1.17. The Kier molecular flexibility index (Phi) is 4.41. The van der Waals surface area contributed by atoms with E-state index in [9.17, 15) is 14.4 Å². The molecule has 2 rings (SSSR count). The summed E-state index contributed by atoms with van der Waals surface area (Å²) in [6.45, 7) is 0.180. The third-order valence-electron chi connectivity index (χ3n) is 2.41. The Morgan fingerprint density at radius 2 is 1.70 bits per heavy atom. The number of carbonyl (C=O) groups excluding carboxylic acids is 3. The second kappa shape index (κ2) is 6.44. The molecule has 6 nitrogen and oxygen atoms in total. The van der Waals surface area contributed by atoms with Crippen LogP contribution in [0, 0.1) is 0 Å². The summed E-state index contributed by atoms with van der Waals surface area (Å²) in [5.74, 6) is 0.184. The lowest BCUT2D eigenvalue weighted by atomic mass is 10.1. The first-order chi connectivity index (χ1) is 9.69. The molecular formula is C14H10O6. The van der Waals surface area contributed by atoms with Crippen molar-refractivity contribution in [2.45, 2.75) is 0 Å². The van der Waals surface area contributed by atoms with Gasteiger partial charge in [-0.25, -0.2) is 0 Å². The number of hydrogen-bond donors (Lipinski definition) is 0. The molecule has 6 heteroatoms. The molecule has 0 aliphatic heterocycles. The van der Waals surface area contributed by atoms with Gasteiger partial charge in [0, 0.05) is 5.57 Å². The number of ketones is 2. The second-order valence-electron chi connectivity index (χ2n) is 3.80. The van der Waals surface area contributed by atoms with E-state index >= 15 is 0 Å². The molecule has 0 fully saturated rings. The first-order valence-electron chi connectivity index (χ1n) is 5.66. The van der Waals surface area contributed by atoms with E-state index in [-0.39, 0.29) is 23.7 Å². The van der Waals surface area contributed by atoms with Crippen molar-refractivity contribution >= 4 is 18.0 Å². The zero-order valence-electron chi connectivity index (χ0n) is 10.3. The largest absolute Gasteiger partial charge is 0.429 e. The molecule has 0 amide bonds. The Morgan fingerprint density at radius 1 is 1.00 bits per heavy atom. The summed E-state index contributed by atoms with van der Waals surface area (Å²) in [7, 11) is 0. The smallest absolute Gasteiger partial charge is 0.298 e. The number of allylic oxidation sites excluding steroid dienone is 3. The molecule has 0 radical (unpaired) electrons. The monoisotopic (exact) mass is 274 g/mol. The topological polar surface area (TPSA) is 78.9 Å². The minimum Gasteiger partial charge on any atom is -0.429 e. The fourth-order valence-corrected chi connectivity index (χ4v) is 1.46. The highest BCUT2D eigenvalue weighted by Gasteiger charge is 2.13. The van der Waals surface area contributed by atoms with Gasteiger partial charge >= 0.3 is 0 Å². The Labute approximate surface area is 114 Å². The summed E-state index contributed by atoms with van der Waals surface area (Å²) in [5.41, 5.74) is 0.221. The molecule has 20 heavy (non-hydrogen) atoms. The molecule has 0 bridgehead atoms. The molecule has 1 aromatic carbocycles. The Morgan fingerprint density at radius 3 is 2.40 bits per heavy atom. The molecule has 102 valence electrons. The Hall–Kier alpha value is -2.73. The van der Waals surface area contributed by atoms with E-state index in [1.54, 1.807) is 0 Å². The fourth-order valence-electron chi connectivity index (χ4n) is 1.46. The van der Waals surface area contributed by atoms with Crippen LogP contribution in [0.1, 0.15) is 0 Å². The summed E-state index contributed by atoms with van der Waals surface area (Å²) < 4.78 is 4.61. The first-order valence-corrected chi connectivity index (χ1v) is 5.66. The maximum atomic E-state index is 11.4. The lowest BCUT2D eigenvalue weighted by molar-refractivity contribution is -0.198. The van der Waals surface area contributed by atoms with Crippen LogP contribution < -0.4 is 9.62 Å². The van der Waals surface area contributed by atoms with E-state index in [1.165, 1.54) is 42.5 Å². The van der Waals surface area contributed by atoms with Crippen molar-refractivity contribution < 1.29 is 28.9 Å². The van der Waals surface area contributed by atoms with Gasteiger partial charge in [-0.1, -0.05) is 0 Å². The van der Waals surface area contributed by atoms with Crippen LogP contribution >= 0.6 is 0 Å². The maximum absolute atomic E-state index is 11.4. The zero-order valence-corrected chi connectivity index (χ0v) is 10.3. The van der Waals surface area contributed by atoms with Crippen molar-refractivity contribution in [2.75, 3.05) is 6.61 Å². The number of hydrogen-bond acceptors (Lipinski definition) is 6. The van der Waals surface area contributed by atoms with Crippen molar-refractivity contribution in [3.63, 3.8) is 0 Å². The minimum atomic E-state index is -0.289. The lowest BCUT2D eigenvalue weighted by Crippen LogP contribution is -2.13. The van der Waals surface area contributed by atoms with E-state index in [0.717, 1.165) is 0 Å². The van der Waals surface area contributed by atoms with Crippen molar-refractivity contribution in [3.05, 3.63) is 48.1 Å². The van der Waals surface area contributed by atoms with Crippen molar-refractivity contribution in [1.29, 1.82) is 0 Å². The number of rotatable bonds is 6. The Bertz CT molecular complexity index is 582. The van der Waals surface area contributed by atoms with Gasteiger partial charge in [-0.15, -0.1) is 0 Å². The minimum absolute atomic E-state index is 0.137. The number of carbonyl (C=O) groups is 3. The highest BCUT2D eigenvalue weighted by molar-refractivity contribution is 6.17. The van der Waals surface area contributed by atoms with Crippen LogP contribution in [0.3, 0.4) is 0 Å². The van der Waals surface area contributed by atoms with Gasteiger partial charge in [0.2, 0.25) is 0 Å². The average Bonchev–Trinajstić information content (AvgIpc) is 2.45. The van der Waals surface area contributed by atoms with Gasteiger partial charge in [-0.05, 0) is 42.5 Å². The normalized spacial score (nSPS) is 13.9. The van der Waals surface area contributed by atoms with Crippen LogP contribution in [-0.2, 0) is 19.3 Å². The highest BCUT2D eigenvalue weighted by Crippen LogP contribution is 2.17. The predicted molar refractivity (Wildman–Crippen MR) is 67.0 cm³/mol. The standard InChI is InChI=1S/C14H10O6/c15-9-18-12-2-4-13(5-3-12)20-19-8-10-7-11(16)1-6-14(10)17/h1-7,9H,8H2. The van der Waals surface area contributed by atoms with Gasteiger partial charge in [0.05, 0.1) is 0 Å². The third kappa shape index (κ3) is 3.63. The van der Waals surface area contributed by atoms with Crippen molar-refractivity contribution in [3.8, 4) is 11.5 Å². The molecule has 0 spiro atoms. The molecule has 0 heterocycles. The van der Waals surface area contributed by atoms with Gasteiger partial charge in [0.1, 0.15) is 12.4 Å². The molecule has 0 atom stereocenters. The van der Waals surface area contributed by atoms with Gasteiger partial charge in [-0.2, -0.15) is 4.89 Å². The molecular weight excluding hydrogens is 264 g/mol. The SMILES string of the molecule is O=COc1ccc(OOCC2=CC(=O)C=CC2=O)cc1. The molecule has 0 N–H and O–H groups in total. The average molecular weight is 274 g/mol. The maximum Gasteiger partial charge on any atom is 0.298 e. The number of benzene rings is 1. The van der Waals surface area contributed by atoms with Gasteiger partial charge in [0.25, 0.3) is 6.47 Å². The Balaban J connectivity index is 1.85. The fraction of sp³-hybridized carbons (Fsp3) is 0.0714. The molecule has 0 saturated heterocycles. The highest BCUT2D eigenvalue weighted by atomic mass is 17.2. The molecule has 1 aromatic rings. The van der Waals surface area contributed by atoms with E-state index in [4.69, 9.17) is 9.78 Å². The van der Waals surface area contributed by atoms with E-state index in [2.05, 4.69) is 4.74 Å². The lowest BCUT2D eigenvalue weighted by Gasteiger charge is -2.08. The first kappa shape index (κ1) is 13.7. The second-order valence-corrected chi connectivity index (χ2v) is 3.80. The van der Waals surface area contributed by atoms with Gasteiger partial charge in [0.15, 0.2) is 17.3 Å². The summed E-state index contributed by atoms with van der Waals surface area (Å²) in [6.07, 6.45) is 3.58. The molecule has 0 aromatic heterocycles. The van der Waals surface area contributed by atoms with Crippen LogP contribution in [0.25, 0.3) is 0 Å². The summed E-state index contributed by atoms with van der Waals surface area (Å²) in [4.78, 5) is 42.5. The summed E-state index contributed by atoms with van der Waals surface area (Å²) in [6, 6.07) is 6.09. The van der Waals surface area contributed by atoms with Crippen LogP contribution in [0.4, 0.5) is 0 Å². The van der Waals surface area contributed by atoms with Crippen molar-refractivity contribution in [1.82, 2.24) is 0 Å². The number of ether oxygens (including phenoxy) is 1. The van der Waals surface area contributed by atoms with E-state index in [0.29, 0.717) is 18.0 Å². The van der Waals surface area contributed by atoms with Crippen LogP contribution in [0.2, 0.25) is 0 Å². The van der Waals surface area contributed by atoms with Gasteiger partial charge < -0.3 is 9.62 Å². The van der Waals surface area contributed by atoms with Gasteiger partial charge in [-0.3, -0.25) is 14.4 Å². The zero-order chi connectivity index (χ0) is 14.4. The van der Waals surface area contributed by atoms with E-state index < -0.39 is 0 Å². The quantitative estimate of drug-likeness (QED) is 0.335. The van der Waals surface area contributed by atoms with Crippen molar-refractivity contribution in [2.24, 2.45) is 0 Å². The van der Waals surface area contributed by atoms with E-state index in [1.807, 2.05) is 0 Å². The van der Waals surface area contributed by atoms with Crippen LogP contribution in [0.5, 0.6) is 11.5 Å². The third-order valence-corrected chi connectivity index (χ3v) is 2.41. The van der Waals surface area contributed by atoms with Crippen LogP contribution in [0.15, 0.2) is 48.1 Å². The van der Waals surface area contributed by atoms with Crippen LogP contribution in [-0.4, -0.2) is 24.6 Å². The molecule has 0 unspecified atom stereocenters. The summed E-state index contributed by atoms with van der Waals surface area (Å²) >= 11 is 0. The summed E-state index contributed by atoms with van der Waals surface area (Å²) in [5, 5.41) is 0.